The lowest BCUT2D eigenvalue weighted by atomic mass is 9.98. The predicted molar refractivity (Wildman–Crippen MR) is 67.6 cm³/mol. The Balaban J connectivity index is 2.13. The molecule has 1 atom stereocenters. The first kappa shape index (κ1) is 14.0. The van der Waals surface area contributed by atoms with Crippen LogP contribution in [0.3, 0.4) is 0 Å². The van der Waals surface area contributed by atoms with Gasteiger partial charge >= 0.3 is 0 Å². The summed E-state index contributed by atoms with van der Waals surface area (Å²) in [4.78, 5) is 0. The second kappa shape index (κ2) is 7.29. The number of hydrogen-bond donors (Lipinski definition) is 0. The van der Waals surface area contributed by atoms with Crippen LogP contribution in [-0.4, -0.2) is 25.9 Å². The van der Waals surface area contributed by atoms with Crippen LogP contribution in [0.15, 0.2) is 0 Å². The van der Waals surface area contributed by atoms with Crippen LogP contribution in [0.25, 0.3) is 0 Å². The van der Waals surface area contributed by atoms with Crippen LogP contribution in [0.2, 0.25) is 0 Å². The SMILES string of the molecule is CC(C)CCCC(OCC1COC1)C(C)C. The molecule has 1 saturated heterocycles. The van der Waals surface area contributed by atoms with E-state index in [1.54, 1.807) is 0 Å². The van der Waals surface area contributed by atoms with Crippen LogP contribution >= 0.6 is 0 Å². The van der Waals surface area contributed by atoms with Gasteiger partial charge in [0.15, 0.2) is 0 Å². The van der Waals surface area contributed by atoms with Gasteiger partial charge in [-0.15, -0.1) is 0 Å². The van der Waals surface area contributed by atoms with Crippen molar-refractivity contribution in [3.8, 4) is 0 Å². The van der Waals surface area contributed by atoms with E-state index in [-0.39, 0.29) is 0 Å². The van der Waals surface area contributed by atoms with Crippen molar-refractivity contribution in [2.75, 3.05) is 19.8 Å². The molecule has 16 heavy (non-hydrogen) atoms. The zero-order valence-electron chi connectivity index (χ0n) is 11.4. The largest absolute Gasteiger partial charge is 0.381 e. The molecular weight excluding hydrogens is 200 g/mol. The zero-order valence-corrected chi connectivity index (χ0v) is 11.4. The fraction of sp³-hybridized carbons (Fsp3) is 1.00. The van der Waals surface area contributed by atoms with E-state index < -0.39 is 0 Å². The molecule has 0 N–H and O–H groups in total. The van der Waals surface area contributed by atoms with Crippen molar-refractivity contribution in [3.63, 3.8) is 0 Å². The van der Waals surface area contributed by atoms with E-state index in [0.29, 0.717) is 17.9 Å². The minimum absolute atomic E-state index is 0.444. The number of ether oxygens (including phenoxy) is 2. The normalized spacial score (nSPS) is 19.1. The monoisotopic (exact) mass is 228 g/mol. The highest BCUT2D eigenvalue weighted by Gasteiger charge is 2.21. The van der Waals surface area contributed by atoms with Gasteiger partial charge in [0.25, 0.3) is 0 Å². The summed E-state index contributed by atoms with van der Waals surface area (Å²) in [6.07, 6.45) is 4.27. The van der Waals surface area contributed by atoms with Gasteiger partial charge < -0.3 is 9.47 Å². The zero-order chi connectivity index (χ0) is 12.0. The average Bonchev–Trinajstić information content (AvgIpc) is 2.11. The van der Waals surface area contributed by atoms with Crippen LogP contribution in [0.5, 0.6) is 0 Å². The number of hydrogen-bond acceptors (Lipinski definition) is 2. The van der Waals surface area contributed by atoms with Crippen molar-refractivity contribution in [1.82, 2.24) is 0 Å². The molecular formula is C14H28O2. The van der Waals surface area contributed by atoms with Gasteiger partial charge in [0.1, 0.15) is 0 Å². The Hall–Kier alpha value is -0.0800. The molecule has 0 aromatic rings. The lowest BCUT2D eigenvalue weighted by Gasteiger charge is -2.29. The molecule has 1 rings (SSSR count). The Labute approximate surface area is 101 Å². The maximum absolute atomic E-state index is 6.01. The Morgan fingerprint density at radius 1 is 1.12 bits per heavy atom. The second-order valence-corrected chi connectivity index (χ2v) is 5.84. The van der Waals surface area contributed by atoms with Gasteiger partial charge in [-0.3, -0.25) is 0 Å². The summed E-state index contributed by atoms with van der Waals surface area (Å²) < 4.78 is 11.2. The minimum atomic E-state index is 0.444. The van der Waals surface area contributed by atoms with Crippen LogP contribution < -0.4 is 0 Å². The highest BCUT2D eigenvalue weighted by Crippen LogP contribution is 2.19. The quantitative estimate of drug-likeness (QED) is 0.633. The Morgan fingerprint density at radius 2 is 1.81 bits per heavy atom. The lowest BCUT2D eigenvalue weighted by molar-refractivity contribution is -0.0959. The van der Waals surface area contributed by atoms with Crippen molar-refractivity contribution in [1.29, 1.82) is 0 Å². The molecule has 1 heterocycles. The third-order valence-corrected chi connectivity index (χ3v) is 3.27. The van der Waals surface area contributed by atoms with Crippen molar-refractivity contribution in [3.05, 3.63) is 0 Å². The van der Waals surface area contributed by atoms with E-state index in [1.807, 2.05) is 0 Å². The Kier molecular flexibility index (Phi) is 6.37. The van der Waals surface area contributed by atoms with Crippen molar-refractivity contribution in [2.45, 2.75) is 53.1 Å². The molecule has 2 nitrogen and oxygen atoms in total. The third-order valence-electron chi connectivity index (χ3n) is 3.27. The summed E-state index contributed by atoms with van der Waals surface area (Å²) in [7, 11) is 0. The predicted octanol–water partition coefficient (Wildman–Crippen LogP) is 3.50. The molecule has 1 fully saturated rings. The van der Waals surface area contributed by atoms with Gasteiger partial charge in [-0.1, -0.05) is 40.5 Å². The highest BCUT2D eigenvalue weighted by molar-refractivity contribution is 4.68. The highest BCUT2D eigenvalue weighted by atomic mass is 16.5. The molecule has 1 unspecified atom stereocenters. The molecule has 0 bridgehead atoms. The molecule has 0 aliphatic carbocycles. The summed E-state index contributed by atoms with van der Waals surface area (Å²) in [6.45, 7) is 11.8. The fourth-order valence-corrected chi connectivity index (χ4v) is 1.98. The van der Waals surface area contributed by atoms with Gasteiger partial charge in [-0.2, -0.15) is 0 Å². The first-order valence-electron chi connectivity index (χ1n) is 6.79. The average molecular weight is 228 g/mol. The van der Waals surface area contributed by atoms with Gasteiger partial charge in [0.05, 0.1) is 25.9 Å². The molecule has 0 aromatic heterocycles. The third kappa shape index (κ3) is 5.31. The van der Waals surface area contributed by atoms with Crippen molar-refractivity contribution >= 4 is 0 Å². The van der Waals surface area contributed by atoms with Crippen LogP contribution in [0, 0.1) is 17.8 Å². The van der Waals surface area contributed by atoms with Crippen LogP contribution in [-0.2, 0) is 9.47 Å². The molecule has 0 aromatic carbocycles. The molecule has 1 aliphatic heterocycles. The fourth-order valence-electron chi connectivity index (χ4n) is 1.98. The van der Waals surface area contributed by atoms with Crippen LogP contribution in [0.1, 0.15) is 47.0 Å². The van der Waals surface area contributed by atoms with E-state index in [0.717, 1.165) is 25.7 Å². The van der Waals surface area contributed by atoms with E-state index in [1.165, 1.54) is 19.3 Å². The standard InChI is InChI=1S/C14H28O2/c1-11(2)6-5-7-14(12(3)4)16-10-13-8-15-9-13/h11-14H,5-10H2,1-4H3. The summed E-state index contributed by atoms with van der Waals surface area (Å²) in [5.74, 6) is 2.10. The smallest absolute Gasteiger partial charge is 0.0598 e. The van der Waals surface area contributed by atoms with E-state index >= 15 is 0 Å². The maximum Gasteiger partial charge on any atom is 0.0598 e. The molecule has 2 heteroatoms. The first-order valence-corrected chi connectivity index (χ1v) is 6.79. The Bertz CT molecular complexity index is 174. The minimum Gasteiger partial charge on any atom is -0.381 e. The summed E-state index contributed by atoms with van der Waals surface area (Å²) in [5.41, 5.74) is 0. The molecule has 0 saturated carbocycles. The van der Waals surface area contributed by atoms with Gasteiger partial charge in [-0.25, -0.2) is 0 Å². The lowest BCUT2D eigenvalue weighted by Crippen LogP contribution is -2.34. The van der Waals surface area contributed by atoms with Gasteiger partial charge in [-0.05, 0) is 18.3 Å². The van der Waals surface area contributed by atoms with E-state index in [4.69, 9.17) is 9.47 Å². The summed E-state index contributed by atoms with van der Waals surface area (Å²) in [6, 6.07) is 0. The van der Waals surface area contributed by atoms with Gasteiger partial charge in [0.2, 0.25) is 0 Å². The Morgan fingerprint density at radius 3 is 2.25 bits per heavy atom. The summed E-state index contributed by atoms with van der Waals surface area (Å²) >= 11 is 0. The molecule has 1 aliphatic rings. The first-order chi connectivity index (χ1) is 7.59. The second-order valence-electron chi connectivity index (χ2n) is 5.84. The van der Waals surface area contributed by atoms with Crippen molar-refractivity contribution < 1.29 is 9.47 Å². The topological polar surface area (TPSA) is 18.5 Å². The van der Waals surface area contributed by atoms with E-state index in [2.05, 4.69) is 27.7 Å². The molecule has 96 valence electrons. The summed E-state index contributed by atoms with van der Waals surface area (Å²) in [5, 5.41) is 0. The van der Waals surface area contributed by atoms with E-state index in [9.17, 15) is 0 Å². The van der Waals surface area contributed by atoms with Crippen LogP contribution in [0.4, 0.5) is 0 Å². The number of rotatable bonds is 8. The maximum atomic E-state index is 6.01. The molecule has 0 spiro atoms. The van der Waals surface area contributed by atoms with Crippen molar-refractivity contribution in [2.24, 2.45) is 17.8 Å². The molecule has 0 amide bonds. The molecule has 0 radical (unpaired) electrons. The van der Waals surface area contributed by atoms with Gasteiger partial charge in [0, 0.05) is 5.92 Å².